The summed E-state index contributed by atoms with van der Waals surface area (Å²) < 4.78 is 4.51. The molecule has 0 aliphatic rings. The van der Waals surface area contributed by atoms with E-state index in [0.717, 1.165) is 5.69 Å². The van der Waals surface area contributed by atoms with Gasteiger partial charge in [0, 0.05) is 12.4 Å². The number of aliphatic hydroxyl groups is 1. The number of ether oxygens (including phenoxy) is 1. The van der Waals surface area contributed by atoms with Crippen molar-refractivity contribution >= 4 is 12.2 Å². The highest BCUT2D eigenvalue weighted by atomic mass is 16.5. The van der Waals surface area contributed by atoms with Gasteiger partial charge in [-0.25, -0.2) is 4.79 Å². The summed E-state index contributed by atoms with van der Waals surface area (Å²) in [6.07, 6.45) is 2.95. The molecule has 5 nitrogen and oxygen atoms in total. The minimum atomic E-state index is -0.616. The number of aliphatic imine (C=N–C) groups is 1. The molecule has 0 amide bonds. The van der Waals surface area contributed by atoms with Crippen LogP contribution < -0.4 is 0 Å². The van der Waals surface area contributed by atoms with Crippen molar-refractivity contribution in [3.05, 3.63) is 41.4 Å². The van der Waals surface area contributed by atoms with Crippen LogP contribution in [-0.2, 0) is 16.1 Å². The third-order valence-corrected chi connectivity index (χ3v) is 1.99. The molecule has 0 saturated carbocycles. The first-order valence-electron chi connectivity index (χ1n) is 5.03. The Labute approximate surface area is 99.5 Å². The van der Waals surface area contributed by atoms with Gasteiger partial charge in [0.15, 0.2) is 0 Å². The molecule has 17 heavy (non-hydrogen) atoms. The van der Waals surface area contributed by atoms with Crippen molar-refractivity contribution in [3.8, 4) is 0 Å². The van der Waals surface area contributed by atoms with E-state index in [4.69, 9.17) is 0 Å². The first kappa shape index (κ1) is 12.9. The molecule has 0 atom stereocenters. The zero-order valence-corrected chi connectivity index (χ0v) is 9.75. The van der Waals surface area contributed by atoms with Crippen molar-refractivity contribution in [2.24, 2.45) is 4.99 Å². The Kier molecular flexibility index (Phi) is 4.87. The number of aromatic nitrogens is 1. The third kappa shape index (κ3) is 4.06. The van der Waals surface area contributed by atoms with E-state index in [1.807, 2.05) is 18.2 Å². The van der Waals surface area contributed by atoms with Crippen LogP contribution in [0.15, 0.2) is 40.7 Å². The lowest BCUT2D eigenvalue weighted by atomic mass is 10.2. The van der Waals surface area contributed by atoms with Crippen molar-refractivity contribution in [1.82, 2.24) is 4.98 Å². The monoisotopic (exact) mass is 234 g/mol. The molecule has 0 aliphatic carbocycles. The van der Waals surface area contributed by atoms with Crippen LogP contribution in [0.25, 0.3) is 0 Å². The van der Waals surface area contributed by atoms with Crippen LogP contribution in [-0.4, -0.2) is 29.4 Å². The minimum Gasteiger partial charge on any atom is -0.512 e. The lowest BCUT2D eigenvalue weighted by Gasteiger charge is -2.00. The number of hydrogen-bond donors (Lipinski definition) is 1. The molecule has 1 rings (SSSR count). The van der Waals surface area contributed by atoms with E-state index in [1.165, 1.54) is 20.2 Å². The van der Waals surface area contributed by atoms with E-state index in [0.29, 0.717) is 6.54 Å². The summed E-state index contributed by atoms with van der Waals surface area (Å²) in [6, 6.07) is 5.49. The highest BCUT2D eigenvalue weighted by molar-refractivity contribution is 6.09. The van der Waals surface area contributed by atoms with Gasteiger partial charge < -0.3 is 9.84 Å². The van der Waals surface area contributed by atoms with E-state index in [1.54, 1.807) is 6.20 Å². The summed E-state index contributed by atoms with van der Waals surface area (Å²) in [6.45, 7) is 1.74. The van der Waals surface area contributed by atoms with Crippen molar-refractivity contribution in [3.63, 3.8) is 0 Å². The zero-order chi connectivity index (χ0) is 12.7. The summed E-state index contributed by atoms with van der Waals surface area (Å²) in [4.78, 5) is 19.4. The molecule has 0 bridgehead atoms. The Bertz CT molecular complexity index is 434. The maximum atomic E-state index is 11.2. The highest BCUT2D eigenvalue weighted by Crippen LogP contribution is 2.02. The van der Waals surface area contributed by atoms with Gasteiger partial charge in [0.25, 0.3) is 0 Å². The van der Waals surface area contributed by atoms with Gasteiger partial charge in [0.2, 0.25) is 0 Å². The summed E-state index contributed by atoms with van der Waals surface area (Å²) in [5.74, 6) is -0.739. The smallest absolute Gasteiger partial charge is 0.342 e. The third-order valence-electron chi connectivity index (χ3n) is 1.99. The maximum absolute atomic E-state index is 11.2. The quantitative estimate of drug-likeness (QED) is 0.372. The first-order chi connectivity index (χ1) is 8.15. The van der Waals surface area contributed by atoms with Crippen LogP contribution in [0, 0.1) is 0 Å². The van der Waals surface area contributed by atoms with E-state index in [2.05, 4.69) is 14.7 Å². The van der Waals surface area contributed by atoms with E-state index in [9.17, 15) is 9.90 Å². The molecular weight excluding hydrogens is 220 g/mol. The molecule has 0 radical (unpaired) electrons. The predicted molar refractivity (Wildman–Crippen MR) is 63.8 cm³/mol. The van der Waals surface area contributed by atoms with Crippen LogP contribution >= 0.6 is 0 Å². The second-order valence-electron chi connectivity index (χ2n) is 3.28. The van der Waals surface area contributed by atoms with Crippen molar-refractivity contribution in [2.75, 3.05) is 7.11 Å². The second kappa shape index (κ2) is 6.42. The number of carbonyl (C=O) groups excluding carboxylic acids is 1. The normalized spacial score (nSPS) is 12.4. The summed E-state index contributed by atoms with van der Waals surface area (Å²) in [5.41, 5.74) is 0.826. The predicted octanol–water partition coefficient (Wildman–Crippen LogP) is 1.66. The van der Waals surface area contributed by atoms with Gasteiger partial charge in [0.05, 0.1) is 19.3 Å². The van der Waals surface area contributed by atoms with E-state index in [-0.39, 0.29) is 11.3 Å². The molecule has 1 aromatic heterocycles. The lowest BCUT2D eigenvalue weighted by Crippen LogP contribution is -2.08. The number of nitrogens with zero attached hydrogens (tertiary/aromatic N) is 2. The maximum Gasteiger partial charge on any atom is 0.342 e. The van der Waals surface area contributed by atoms with Gasteiger partial charge in [-0.2, -0.15) is 0 Å². The van der Waals surface area contributed by atoms with Crippen molar-refractivity contribution in [1.29, 1.82) is 0 Å². The molecule has 1 aromatic rings. The van der Waals surface area contributed by atoms with Gasteiger partial charge in [-0.3, -0.25) is 9.98 Å². The number of carbonyl (C=O) groups is 1. The number of pyridine rings is 1. The van der Waals surface area contributed by atoms with Crippen LogP contribution in [0.5, 0.6) is 0 Å². The largest absolute Gasteiger partial charge is 0.512 e. The number of rotatable bonds is 4. The number of allylic oxidation sites excluding steroid dienone is 1. The molecule has 1 N–H and O–H groups in total. The van der Waals surface area contributed by atoms with E-state index < -0.39 is 5.97 Å². The summed E-state index contributed by atoms with van der Waals surface area (Å²) in [5, 5.41) is 9.28. The molecule has 90 valence electrons. The summed E-state index contributed by atoms with van der Waals surface area (Å²) in [7, 11) is 1.25. The number of esters is 1. The summed E-state index contributed by atoms with van der Waals surface area (Å²) >= 11 is 0. The van der Waals surface area contributed by atoms with Gasteiger partial charge in [-0.1, -0.05) is 6.07 Å². The van der Waals surface area contributed by atoms with Crippen LogP contribution in [0.2, 0.25) is 0 Å². The number of aliphatic hydroxyl groups excluding tert-OH is 1. The lowest BCUT2D eigenvalue weighted by molar-refractivity contribution is -0.135. The zero-order valence-electron chi connectivity index (χ0n) is 9.75. The van der Waals surface area contributed by atoms with Gasteiger partial charge >= 0.3 is 5.97 Å². The van der Waals surface area contributed by atoms with Gasteiger partial charge in [-0.15, -0.1) is 0 Å². The average Bonchev–Trinajstić information content (AvgIpc) is 2.34. The first-order valence-corrected chi connectivity index (χ1v) is 5.03. The van der Waals surface area contributed by atoms with Crippen LogP contribution in [0.3, 0.4) is 0 Å². The highest BCUT2D eigenvalue weighted by Gasteiger charge is 2.10. The van der Waals surface area contributed by atoms with Crippen LogP contribution in [0.4, 0.5) is 0 Å². The fourth-order valence-electron chi connectivity index (χ4n) is 1.13. The molecule has 1 heterocycles. The Morgan fingerprint density at radius 2 is 2.35 bits per heavy atom. The SMILES string of the molecule is COC(=O)/C(C=NCc1ccccn1)=C(\C)O. The molecule has 0 spiro atoms. The fourth-order valence-corrected chi connectivity index (χ4v) is 1.13. The van der Waals surface area contributed by atoms with Gasteiger partial charge in [0.1, 0.15) is 11.3 Å². The molecule has 5 heteroatoms. The number of hydrogen-bond acceptors (Lipinski definition) is 5. The van der Waals surface area contributed by atoms with Crippen molar-refractivity contribution < 1.29 is 14.6 Å². The second-order valence-corrected chi connectivity index (χ2v) is 3.28. The Morgan fingerprint density at radius 1 is 1.59 bits per heavy atom. The standard InChI is InChI=1S/C12H14N2O3/c1-9(15)11(12(16)17-2)8-13-7-10-5-3-4-6-14-10/h3-6,8,15H,7H2,1-2H3/b11-9+,13-8?. The minimum absolute atomic E-state index is 0.0448. The molecule has 0 fully saturated rings. The topological polar surface area (TPSA) is 71.8 Å². The van der Waals surface area contributed by atoms with Crippen LogP contribution in [0.1, 0.15) is 12.6 Å². The molecule has 0 aliphatic heterocycles. The molecule has 0 unspecified atom stereocenters. The Morgan fingerprint density at radius 3 is 2.88 bits per heavy atom. The van der Waals surface area contributed by atoms with Gasteiger partial charge in [-0.05, 0) is 19.1 Å². The Hall–Kier alpha value is -2.17. The molecular formula is C12H14N2O3. The fraction of sp³-hybridized carbons (Fsp3) is 0.250. The molecule has 0 aromatic carbocycles. The molecule has 0 saturated heterocycles. The number of methoxy groups -OCH3 is 1. The average molecular weight is 234 g/mol. The van der Waals surface area contributed by atoms with Crippen molar-refractivity contribution in [2.45, 2.75) is 13.5 Å². The van der Waals surface area contributed by atoms with E-state index >= 15 is 0 Å². The Balaban J connectivity index is 2.70.